The molecule has 0 saturated heterocycles. The molecule has 11 nitrogen and oxygen atoms in total. The summed E-state index contributed by atoms with van der Waals surface area (Å²) in [4.78, 5) is 29.8. The number of nitrogens with one attached hydrogen (secondary N) is 3. The highest BCUT2D eigenvalue weighted by atomic mass is 16.5. The van der Waals surface area contributed by atoms with Crippen molar-refractivity contribution >= 4 is 17.8 Å². The number of hydrazine groups is 2. The number of carbonyl (C=O) groups excluding carboxylic acids is 2. The molecule has 44 heavy (non-hydrogen) atoms. The highest BCUT2D eigenvalue weighted by Crippen LogP contribution is 2.28. The second-order valence-corrected chi connectivity index (χ2v) is 11.3. The maximum Gasteiger partial charge on any atom is 0.357 e. The highest BCUT2D eigenvalue weighted by Gasteiger charge is 2.32. The van der Waals surface area contributed by atoms with Crippen LogP contribution in [0.2, 0.25) is 0 Å². The summed E-state index contributed by atoms with van der Waals surface area (Å²) in [7, 11) is 0. The van der Waals surface area contributed by atoms with Crippen molar-refractivity contribution < 1.29 is 24.2 Å². The molecule has 0 aliphatic carbocycles. The van der Waals surface area contributed by atoms with E-state index in [-0.39, 0.29) is 18.3 Å². The number of benzene rings is 2. The fraction of sp³-hybridized carbons (Fsp3) is 0.455. The fourth-order valence-electron chi connectivity index (χ4n) is 5.15. The van der Waals surface area contributed by atoms with Crippen LogP contribution >= 0.6 is 0 Å². The summed E-state index contributed by atoms with van der Waals surface area (Å²) in [6.45, 7) is 8.17. The van der Waals surface area contributed by atoms with Gasteiger partial charge in [0.05, 0.1) is 13.2 Å². The first-order valence-corrected chi connectivity index (χ1v) is 15.4. The molecule has 0 amide bonds. The van der Waals surface area contributed by atoms with Crippen LogP contribution in [0.4, 0.5) is 0 Å². The molecule has 0 bridgehead atoms. The number of hydrogen-bond acceptors (Lipinski definition) is 10. The van der Waals surface area contributed by atoms with E-state index < -0.39 is 11.6 Å². The third-order valence-corrected chi connectivity index (χ3v) is 7.30. The van der Waals surface area contributed by atoms with Crippen molar-refractivity contribution in [3.05, 3.63) is 76.9 Å². The van der Waals surface area contributed by atoms with Gasteiger partial charge >= 0.3 is 11.9 Å². The number of aromatic nitrogens is 2. The number of amidine groups is 1. The summed E-state index contributed by atoms with van der Waals surface area (Å²) >= 11 is 0. The summed E-state index contributed by atoms with van der Waals surface area (Å²) in [6, 6.07) is 16.2. The maximum absolute atomic E-state index is 13.5. The number of esters is 2. The summed E-state index contributed by atoms with van der Waals surface area (Å²) in [6.07, 6.45) is 4.99. The minimum Gasteiger partial charge on any atom is -0.466 e. The first kappa shape index (κ1) is 32.7. The molecular formula is C33H44N6O5. The Balaban J connectivity index is 1.50. The van der Waals surface area contributed by atoms with Gasteiger partial charge in [0.1, 0.15) is 17.1 Å². The van der Waals surface area contributed by atoms with Crippen molar-refractivity contribution in [3.8, 4) is 11.1 Å². The third-order valence-electron chi connectivity index (χ3n) is 7.30. The van der Waals surface area contributed by atoms with Crippen LogP contribution in [0.5, 0.6) is 0 Å². The predicted octanol–water partition coefficient (Wildman–Crippen LogP) is 4.72. The van der Waals surface area contributed by atoms with E-state index in [0.717, 1.165) is 53.8 Å². The van der Waals surface area contributed by atoms with Crippen LogP contribution in [0.1, 0.15) is 99.4 Å². The molecular weight excluding hydrogens is 560 g/mol. The van der Waals surface area contributed by atoms with Gasteiger partial charge in [-0.05, 0) is 56.7 Å². The van der Waals surface area contributed by atoms with E-state index >= 15 is 0 Å². The van der Waals surface area contributed by atoms with Gasteiger partial charge in [0.2, 0.25) is 0 Å². The Hall–Kier alpha value is -4.22. The third kappa shape index (κ3) is 8.45. The van der Waals surface area contributed by atoms with Crippen molar-refractivity contribution in [2.75, 3.05) is 13.2 Å². The Kier molecular flexibility index (Phi) is 11.5. The van der Waals surface area contributed by atoms with E-state index in [2.05, 4.69) is 40.7 Å². The van der Waals surface area contributed by atoms with E-state index in [4.69, 9.17) is 14.5 Å². The van der Waals surface area contributed by atoms with Gasteiger partial charge in [0, 0.05) is 24.9 Å². The molecule has 0 saturated carbocycles. The van der Waals surface area contributed by atoms with Crippen molar-refractivity contribution in [1.29, 1.82) is 0 Å². The monoisotopic (exact) mass is 604 g/mol. The highest BCUT2D eigenvalue weighted by molar-refractivity contribution is 6.04. The van der Waals surface area contributed by atoms with Crippen LogP contribution in [0.15, 0.2) is 53.6 Å². The van der Waals surface area contributed by atoms with Gasteiger partial charge < -0.3 is 19.1 Å². The molecule has 2 aromatic carbocycles. The number of aliphatic hydroxyl groups is 1. The summed E-state index contributed by atoms with van der Waals surface area (Å²) < 4.78 is 12.6. The number of ether oxygens (including phenoxy) is 2. The van der Waals surface area contributed by atoms with Crippen molar-refractivity contribution in [2.45, 2.75) is 84.8 Å². The minimum atomic E-state index is -1.33. The number of carbonyl (C=O) groups is 2. The molecule has 0 unspecified atom stereocenters. The summed E-state index contributed by atoms with van der Waals surface area (Å²) in [5.74, 6) is 0.753. The fourth-order valence-corrected chi connectivity index (χ4v) is 5.15. The van der Waals surface area contributed by atoms with E-state index in [1.807, 2.05) is 41.0 Å². The Bertz CT molecular complexity index is 1440. The van der Waals surface area contributed by atoms with Gasteiger partial charge in [-0.25, -0.2) is 15.3 Å². The second-order valence-electron chi connectivity index (χ2n) is 11.3. The quantitative estimate of drug-likeness (QED) is 0.135. The number of nitrogens with zero attached hydrogens (tertiary/aromatic N) is 3. The SMILES string of the molecule is CCCc1nc(C(C)(C)O)c(C(=O)OCCCCCCC(=O)OCC)n1Cc1ccc(-c2ccccc2C2=NNNN2)cc1. The molecule has 4 rings (SSSR count). The Morgan fingerprint density at radius 3 is 2.34 bits per heavy atom. The number of unbranched alkanes of at least 4 members (excludes halogenated alkanes) is 3. The largest absolute Gasteiger partial charge is 0.466 e. The zero-order chi connectivity index (χ0) is 31.5. The van der Waals surface area contributed by atoms with Gasteiger partial charge in [-0.1, -0.05) is 68.3 Å². The smallest absolute Gasteiger partial charge is 0.357 e. The average molecular weight is 605 g/mol. The van der Waals surface area contributed by atoms with Gasteiger partial charge in [-0.3, -0.25) is 10.2 Å². The van der Waals surface area contributed by atoms with Crippen molar-refractivity contribution in [2.24, 2.45) is 5.10 Å². The van der Waals surface area contributed by atoms with Crippen LogP contribution in [0, 0.1) is 0 Å². The van der Waals surface area contributed by atoms with Crippen LogP contribution in [-0.4, -0.2) is 45.6 Å². The number of hydrogen-bond donors (Lipinski definition) is 4. The number of imidazole rings is 1. The number of rotatable bonds is 16. The molecule has 236 valence electrons. The molecule has 11 heteroatoms. The van der Waals surface area contributed by atoms with Crippen molar-refractivity contribution in [3.63, 3.8) is 0 Å². The molecule has 1 aliphatic rings. The number of hydrazone groups is 1. The zero-order valence-corrected chi connectivity index (χ0v) is 26.1. The average Bonchev–Trinajstić information content (AvgIpc) is 3.66. The van der Waals surface area contributed by atoms with E-state index in [1.165, 1.54) is 0 Å². The van der Waals surface area contributed by atoms with E-state index in [0.29, 0.717) is 43.9 Å². The van der Waals surface area contributed by atoms with Crippen LogP contribution in [-0.2, 0) is 32.8 Å². The standard InChI is InChI=1S/C33H44N6O5/c1-5-13-27-34-30(33(3,4)42)29(32(41)44-21-12-8-7-9-16-28(40)43-6-2)39(27)22-23-17-19-24(20-18-23)25-14-10-11-15-26(25)31-35-37-38-36-31/h10-11,14-15,17-20,37-38,42H,5-9,12-13,16,21-22H2,1-4H3,(H,35,36). The lowest BCUT2D eigenvalue weighted by Crippen LogP contribution is -2.35. The Morgan fingerprint density at radius 2 is 1.68 bits per heavy atom. The molecule has 0 radical (unpaired) electrons. The molecule has 0 atom stereocenters. The predicted molar refractivity (Wildman–Crippen MR) is 168 cm³/mol. The summed E-state index contributed by atoms with van der Waals surface area (Å²) in [5, 5.41) is 15.2. The van der Waals surface area contributed by atoms with Crippen LogP contribution < -0.4 is 16.5 Å². The second kappa shape index (κ2) is 15.5. The van der Waals surface area contributed by atoms with Crippen LogP contribution in [0.25, 0.3) is 11.1 Å². The lowest BCUT2D eigenvalue weighted by Gasteiger charge is -2.18. The lowest BCUT2D eigenvalue weighted by atomic mass is 9.98. The number of aryl methyl sites for hydroxylation is 1. The first-order valence-electron chi connectivity index (χ1n) is 15.4. The van der Waals surface area contributed by atoms with E-state index in [1.54, 1.807) is 20.8 Å². The first-order chi connectivity index (χ1) is 21.2. The molecule has 4 N–H and O–H groups in total. The molecule has 3 aromatic rings. The molecule has 1 aliphatic heterocycles. The lowest BCUT2D eigenvalue weighted by molar-refractivity contribution is -0.143. The zero-order valence-electron chi connectivity index (χ0n) is 26.1. The van der Waals surface area contributed by atoms with Gasteiger partial charge in [0.25, 0.3) is 0 Å². The normalized spacial score (nSPS) is 12.8. The summed E-state index contributed by atoms with van der Waals surface area (Å²) in [5.41, 5.74) is 11.8. The molecule has 0 spiro atoms. The topological polar surface area (TPSA) is 139 Å². The van der Waals surface area contributed by atoms with Gasteiger partial charge in [0.15, 0.2) is 11.5 Å². The molecule has 2 heterocycles. The van der Waals surface area contributed by atoms with Crippen molar-refractivity contribution in [1.82, 2.24) is 26.0 Å². The van der Waals surface area contributed by atoms with Gasteiger partial charge in [-0.15, -0.1) is 10.6 Å². The van der Waals surface area contributed by atoms with Crippen LogP contribution in [0.3, 0.4) is 0 Å². The Morgan fingerprint density at radius 1 is 0.955 bits per heavy atom. The Labute approximate surface area is 259 Å². The van der Waals surface area contributed by atoms with E-state index in [9.17, 15) is 14.7 Å². The maximum atomic E-state index is 13.5. The minimum absolute atomic E-state index is 0.180. The van der Waals surface area contributed by atoms with Gasteiger partial charge in [-0.2, -0.15) is 0 Å². The molecule has 1 aromatic heterocycles. The molecule has 0 fully saturated rings.